The van der Waals surface area contributed by atoms with E-state index in [0.29, 0.717) is 24.0 Å². The molecule has 0 saturated heterocycles. The number of aliphatic hydroxyl groups excluding tert-OH is 1. The van der Waals surface area contributed by atoms with Crippen molar-refractivity contribution in [3.8, 4) is 6.07 Å². The monoisotopic (exact) mass is 233 g/mol. The number of aliphatic hydroxyl groups is 1. The van der Waals surface area contributed by atoms with Crippen LogP contribution in [-0.2, 0) is 0 Å². The molecule has 1 N–H and O–H groups in total. The number of hydrogen-bond acceptors (Lipinski definition) is 3. The quantitative estimate of drug-likeness (QED) is 0.867. The molecule has 3 heteroatoms. The van der Waals surface area contributed by atoms with Crippen molar-refractivity contribution in [2.24, 2.45) is 11.3 Å². The summed E-state index contributed by atoms with van der Waals surface area (Å²) in [7, 11) is 0. The molecule has 0 aliphatic heterocycles. The minimum absolute atomic E-state index is 0.505. The molecule has 17 heavy (non-hydrogen) atoms. The SMILES string of the molecule is CCC(C)(C#N)C(O)c1ccc(C2CC2C)o1. The van der Waals surface area contributed by atoms with E-state index in [1.165, 1.54) is 0 Å². The molecule has 0 bridgehead atoms. The van der Waals surface area contributed by atoms with Crippen LogP contribution in [0.15, 0.2) is 16.5 Å². The van der Waals surface area contributed by atoms with Gasteiger partial charge in [-0.3, -0.25) is 0 Å². The topological polar surface area (TPSA) is 57.2 Å². The van der Waals surface area contributed by atoms with Crippen LogP contribution in [0.1, 0.15) is 57.2 Å². The summed E-state index contributed by atoms with van der Waals surface area (Å²) in [5.41, 5.74) is -0.774. The summed E-state index contributed by atoms with van der Waals surface area (Å²) in [4.78, 5) is 0. The molecule has 1 aromatic heterocycles. The maximum Gasteiger partial charge on any atom is 0.134 e. The Labute approximate surface area is 102 Å². The van der Waals surface area contributed by atoms with E-state index in [2.05, 4.69) is 13.0 Å². The third-order valence-corrected chi connectivity index (χ3v) is 3.99. The lowest BCUT2D eigenvalue weighted by Gasteiger charge is -2.24. The lowest BCUT2D eigenvalue weighted by Crippen LogP contribution is -2.22. The number of rotatable bonds is 4. The summed E-state index contributed by atoms with van der Waals surface area (Å²) in [6.45, 7) is 5.85. The molecule has 4 atom stereocenters. The smallest absolute Gasteiger partial charge is 0.134 e. The second-order valence-corrected chi connectivity index (χ2v) is 5.34. The average molecular weight is 233 g/mol. The molecule has 1 aliphatic rings. The molecule has 3 nitrogen and oxygen atoms in total. The molecule has 0 radical (unpaired) electrons. The normalized spacial score (nSPS) is 28.2. The molecule has 2 rings (SSSR count). The molecule has 1 aliphatic carbocycles. The van der Waals surface area contributed by atoms with E-state index >= 15 is 0 Å². The molecule has 1 saturated carbocycles. The van der Waals surface area contributed by atoms with Gasteiger partial charge >= 0.3 is 0 Å². The number of nitrogens with zero attached hydrogens (tertiary/aromatic N) is 1. The highest BCUT2D eigenvalue weighted by Gasteiger charge is 2.39. The zero-order valence-corrected chi connectivity index (χ0v) is 10.6. The molecule has 1 fully saturated rings. The fraction of sp³-hybridized carbons (Fsp3) is 0.643. The molecule has 92 valence electrons. The Balaban J connectivity index is 2.17. The molecular weight excluding hydrogens is 214 g/mol. The Morgan fingerprint density at radius 1 is 1.65 bits per heavy atom. The van der Waals surface area contributed by atoms with Crippen molar-refractivity contribution in [2.45, 2.75) is 45.6 Å². The van der Waals surface area contributed by atoms with Gasteiger partial charge in [0.2, 0.25) is 0 Å². The Hall–Kier alpha value is -1.27. The first-order valence-corrected chi connectivity index (χ1v) is 6.20. The predicted molar refractivity (Wildman–Crippen MR) is 64.2 cm³/mol. The van der Waals surface area contributed by atoms with Crippen LogP contribution in [0.4, 0.5) is 0 Å². The van der Waals surface area contributed by atoms with Gasteiger partial charge in [-0.2, -0.15) is 5.26 Å². The maximum atomic E-state index is 10.2. The zero-order valence-electron chi connectivity index (χ0n) is 10.6. The minimum atomic E-state index is -0.847. The van der Waals surface area contributed by atoms with E-state index in [4.69, 9.17) is 9.68 Å². The minimum Gasteiger partial charge on any atom is -0.463 e. The van der Waals surface area contributed by atoms with Crippen LogP contribution >= 0.6 is 0 Å². The Bertz CT molecular complexity index is 445. The summed E-state index contributed by atoms with van der Waals surface area (Å²) in [5.74, 6) is 2.65. The van der Waals surface area contributed by atoms with Crippen LogP contribution in [0.2, 0.25) is 0 Å². The predicted octanol–water partition coefficient (Wildman–Crippen LogP) is 3.38. The summed E-state index contributed by atoms with van der Waals surface area (Å²) < 4.78 is 5.69. The van der Waals surface area contributed by atoms with E-state index in [0.717, 1.165) is 12.2 Å². The summed E-state index contributed by atoms with van der Waals surface area (Å²) in [5, 5.41) is 19.3. The van der Waals surface area contributed by atoms with Crippen molar-refractivity contribution in [1.82, 2.24) is 0 Å². The van der Waals surface area contributed by atoms with Crippen molar-refractivity contribution in [1.29, 1.82) is 5.26 Å². The first-order chi connectivity index (χ1) is 8.01. The van der Waals surface area contributed by atoms with E-state index in [1.807, 2.05) is 13.0 Å². The Morgan fingerprint density at radius 2 is 2.29 bits per heavy atom. The number of hydrogen-bond donors (Lipinski definition) is 1. The summed E-state index contributed by atoms with van der Waals surface area (Å²) in [6, 6.07) is 5.91. The van der Waals surface area contributed by atoms with Crippen molar-refractivity contribution in [3.05, 3.63) is 23.7 Å². The molecule has 0 aromatic carbocycles. The van der Waals surface area contributed by atoms with Gasteiger partial charge in [0.1, 0.15) is 17.6 Å². The van der Waals surface area contributed by atoms with Gasteiger partial charge in [0.25, 0.3) is 0 Å². The van der Waals surface area contributed by atoms with Gasteiger partial charge in [-0.25, -0.2) is 0 Å². The van der Waals surface area contributed by atoms with Crippen molar-refractivity contribution in [3.63, 3.8) is 0 Å². The number of furan rings is 1. The third-order valence-electron chi connectivity index (χ3n) is 3.99. The van der Waals surface area contributed by atoms with Gasteiger partial charge < -0.3 is 9.52 Å². The lowest BCUT2D eigenvalue weighted by molar-refractivity contribution is 0.0514. The van der Waals surface area contributed by atoms with Gasteiger partial charge in [-0.1, -0.05) is 13.8 Å². The fourth-order valence-corrected chi connectivity index (χ4v) is 2.08. The Morgan fingerprint density at radius 3 is 2.76 bits per heavy atom. The molecular formula is C14H19NO2. The maximum absolute atomic E-state index is 10.2. The molecule has 4 unspecified atom stereocenters. The first kappa shape index (κ1) is 12.2. The summed E-state index contributed by atoms with van der Waals surface area (Å²) in [6.07, 6.45) is 0.910. The highest BCUT2D eigenvalue weighted by atomic mass is 16.4. The van der Waals surface area contributed by atoms with Crippen LogP contribution in [0.5, 0.6) is 0 Å². The van der Waals surface area contributed by atoms with Gasteiger partial charge in [0.15, 0.2) is 0 Å². The standard InChI is InChI=1S/C14H19NO2/c1-4-14(3,8-15)13(16)12-6-5-11(17-12)10-7-9(10)2/h5-6,9-10,13,16H,4,7H2,1-3H3. The molecule has 1 aromatic rings. The van der Waals surface area contributed by atoms with E-state index in [9.17, 15) is 5.11 Å². The van der Waals surface area contributed by atoms with E-state index in [-0.39, 0.29) is 0 Å². The molecule has 0 amide bonds. The van der Waals surface area contributed by atoms with E-state index < -0.39 is 11.5 Å². The van der Waals surface area contributed by atoms with Crippen LogP contribution in [0.3, 0.4) is 0 Å². The highest BCUT2D eigenvalue weighted by molar-refractivity contribution is 5.21. The van der Waals surface area contributed by atoms with Crippen LogP contribution in [0.25, 0.3) is 0 Å². The molecule has 0 spiro atoms. The molecule has 1 heterocycles. The van der Waals surface area contributed by atoms with Gasteiger partial charge in [-0.15, -0.1) is 0 Å². The lowest BCUT2D eigenvalue weighted by atomic mass is 9.82. The van der Waals surface area contributed by atoms with Crippen LogP contribution < -0.4 is 0 Å². The van der Waals surface area contributed by atoms with Crippen LogP contribution in [-0.4, -0.2) is 5.11 Å². The Kier molecular flexibility index (Phi) is 3.01. The van der Waals surface area contributed by atoms with Crippen molar-refractivity contribution < 1.29 is 9.52 Å². The fourth-order valence-electron chi connectivity index (χ4n) is 2.08. The van der Waals surface area contributed by atoms with Crippen molar-refractivity contribution >= 4 is 0 Å². The zero-order chi connectivity index (χ0) is 12.6. The van der Waals surface area contributed by atoms with E-state index in [1.54, 1.807) is 13.0 Å². The third kappa shape index (κ3) is 2.10. The van der Waals surface area contributed by atoms with Gasteiger partial charge in [-0.05, 0) is 37.8 Å². The van der Waals surface area contributed by atoms with Gasteiger partial charge in [0, 0.05) is 5.92 Å². The second kappa shape index (κ2) is 4.19. The largest absolute Gasteiger partial charge is 0.463 e. The average Bonchev–Trinajstić information content (AvgIpc) is 2.89. The summed E-state index contributed by atoms with van der Waals surface area (Å²) >= 11 is 0. The second-order valence-electron chi connectivity index (χ2n) is 5.34. The first-order valence-electron chi connectivity index (χ1n) is 6.20. The highest BCUT2D eigenvalue weighted by Crippen LogP contribution is 2.48. The number of nitriles is 1. The van der Waals surface area contributed by atoms with Crippen LogP contribution in [0, 0.1) is 22.7 Å². The van der Waals surface area contributed by atoms with Crippen molar-refractivity contribution in [2.75, 3.05) is 0 Å². The van der Waals surface area contributed by atoms with Gasteiger partial charge in [0.05, 0.1) is 11.5 Å².